The summed E-state index contributed by atoms with van der Waals surface area (Å²) in [6, 6.07) is 22.1. The number of benzene rings is 2. The minimum atomic E-state index is -3.22. The third-order valence-corrected chi connectivity index (χ3v) is 14.0. The summed E-state index contributed by atoms with van der Waals surface area (Å²) in [5, 5.41) is 18.2. The summed E-state index contributed by atoms with van der Waals surface area (Å²) in [5.41, 5.74) is 12.2. The van der Waals surface area contributed by atoms with Crippen molar-refractivity contribution < 1.29 is 54.0 Å². The van der Waals surface area contributed by atoms with Crippen molar-refractivity contribution >= 4 is 82.2 Å². The number of nitrogens with two attached hydrogens (primary N) is 2. The van der Waals surface area contributed by atoms with E-state index >= 15 is 0 Å². The summed E-state index contributed by atoms with van der Waals surface area (Å²) in [4.78, 5) is 45.6. The zero-order valence-electron chi connectivity index (χ0n) is 33.3. The fourth-order valence-corrected chi connectivity index (χ4v) is 9.55. The molecule has 26 heteroatoms. The van der Waals surface area contributed by atoms with Crippen molar-refractivity contribution in [2.75, 3.05) is 23.0 Å². The lowest BCUT2D eigenvalue weighted by atomic mass is 9.80. The fourth-order valence-electron chi connectivity index (χ4n) is 6.68. The molecule has 20 nitrogen and oxygen atoms in total. The topological polar surface area (TPSA) is 321 Å². The number of rotatable bonds is 10. The molecule has 0 bridgehead atoms. The Balaban J connectivity index is 0.000000168. The van der Waals surface area contributed by atoms with Crippen molar-refractivity contribution in [2.45, 2.75) is 49.6 Å². The molecule has 4 amide bonds. The van der Waals surface area contributed by atoms with Crippen LogP contribution in [0.3, 0.4) is 0 Å². The lowest BCUT2D eigenvalue weighted by Gasteiger charge is -2.33. The van der Waals surface area contributed by atoms with Crippen LogP contribution in [0, 0.1) is 11.8 Å². The Bertz CT molecular complexity index is 2710. The molecule has 4 fully saturated rings. The standard InChI is InChI=1S/C19H18N4O5S.C15H15N3O3.C4H7NO3S.Cl3OP/c24-17(15-8-16(28-23-15)11-4-2-1-3-5-11)20-14-6-12(7-14)18-21-22-19(27-18)13-9-29(25,26)10-13;16-14(19)10-6-11(7-10)17-15(20)12-8-13(21-18-12)9-4-2-1-3-5-9;5-4(6)3-1-9(7,8)2-3;1-5(2,3)4/h1-5,8,12-14H,6-7,9-10H2,(H,20,24);1-5,8,10-11H,6-7H2,(H2,16,19)(H,17,20);3H,1-2H2,(H2,5,6);. The first-order valence-corrected chi connectivity index (χ1v) is 27.4. The minimum absolute atomic E-state index is 0.0104. The average molecular weight is 1000 g/mol. The third kappa shape index (κ3) is 13.7. The molecular formula is C38H40Cl3N8O12PS2. The molecule has 0 spiro atoms. The molecule has 64 heavy (non-hydrogen) atoms. The smallest absolute Gasteiger partial charge is 0.339 e. The quantitative estimate of drug-likeness (QED) is 0.139. The lowest BCUT2D eigenvalue weighted by molar-refractivity contribution is -0.124. The molecule has 2 saturated carbocycles. The number of nitrogens with one attached hydrogen (secondary N) is 2. The van der Waals surface area contributed by atoms with Crippen molar-refractivity contribution in [2.24, 2.45) is 23.3 Å². The van der Waals surface area contributed by atoms with Crippen LogP contribution in [0.2, 0.25) is 0 Å². The molecule has 3 aromatic heterocycles. The minimum Gasteiger partial charge on any atom is -0.425 e. The van der Waals surface area contributed by atoms with Gasteiger partial charge < -0.3 is 35.6 Å². The summed E-state index contributed by atoms with van der Waals surface area (Å²) >= 11 is 13.8. The zero-order chi connectivity index (χ0) is 46.4. The van der Waals surface area contributed by atoms with Crippen LogP contribution < -0.4 is 22.1 Å². The Labute approximate surface area is 380 Å². The molecular weight excluding hydrogens is 962 g/mol. The Morgan fingerprint density at radius 1 is 0.609 bits per heavy atom. The fraction of sp³-hybridized carbons (Fsp3) is 0.368. The van der Waals surface area contributed by atoms with Gasteiger partial charge in [0.2, 0.25) is 23.6 Å². The number of halogens is 3. The average Bonchev–Trinajstić information content (AvgIpc) is 3.98. The summed E-state index contributed by atoms with van der Waals surface area (Å²) in [6.07, 6.45) is 2.54. The number of hydrogen-bond donors (Lipinski definition) is 4. The monoisotopic (exact) mass is 1000 g/mol. The number of nitrogens with zero attached hydrogens (tertiary/aromatic N) is 4. The molecule has 6 N–H and O–H groups in total. The van der Waals surface area contributed by atoms with Crippen LogP contribution in [0.1, 0.15) is 70.3 Å². The number of carbonyl (C=O) groups is 4. The highest BCUT2D eigenvalue weighted by molar-refractivity contribution is 8.24. The Morgan fingerprint density at radius 3 is 1.38 bits per heavy atom. The first-order valence-electron chi connectivity index (χ1n) is 19.3. The van der Waals surface area contributed by atoms with Crippen LogP contribution in [0.5, 0.6) is 0 Å². The summed E-state index contributed by atoms with van der Waals surface area (Å²) in [6.45, 7) is 0. The van der Waals surface area contributed by atoms with Gasteiger partial charge in [-0.05, 0) is 59.4 Å². The van der Waals surface area contributed by atoms with E-state index in [-0.39, 0.29) is 82.0 Å². The van der Waals surface area contributed by atoms with Gasteiger partial charge in [-0.25, -0.2) is 16.8 Å². The van der Waals surface area contributed by atoms with E-state index in [1.54, 1.807) is 12.1 Å². The van der Waals surface area contributed by atoms with E-state index in [0.717, 1.165) is 11.1 Å². The SMILES string of the molecule is NC(=O)C1CC(NC(=O)c2cc(-c3ccccc3)on2)C1.NC(=O)C1CS(=O)(=O)C1.O=C(NC1CC(c2nnc(C3CS(=O)(=O)C3)o2)C1)c1cc(-c2ccccc2)on1.O=P(Cl)(Cl)Cl. The molecule has 5 heterocycles. The maximum absolute atomic E-state index is 12.4. The van der Waals surface area contributed by atoms with E-state index in [1.165, 1.54) is 0 Å². The first-order chi connectivity index (χ1) is 30.1. The van der Waals surface area contributed by atoms with E-state index < -0.39 is 36.7 Å². The van der Waals surface area contributed by atoms with Gasteiger partial charge in [-0.15, -0.1) is 10.2 Å². The molecule has 2 saturated heterocycles. The van der Waals surface area contributed by atoms with Gasteiger partial charge in [-0.2, -0.15) is 0 Å². The van der Waals surface area contributed by atoms with Crippen LogP contribution in [0.15, 0.2) is 86.3 Å². The van der Waals surface area contributed by atoms with Gasteiger partial charge in [-0.1, -0.05) is 71.0 Å². The van der Waals surface area contributed by atoms with Gasteiger partial charge in [0.15, 0.2) is 42.6 Å². The Morgan fingerprint density at radius 2 is 1.00 bits per heavy atom. The molecule has 2 aliphatic carbocycles. The van der Waals surface area contributed by atoms with E-state index in [1.807, 2.05) is 60.7 Å². The molecule has 4 aliphatic rings. The molecule has 0 atom stereocenters. The van der Waals surface area contributed by atoms with Crippen LogP contribution >= 0.6 is 38.9 Å². The molecule has 2 aliphatic heterocycles. The molecule has 342 valence electrons. The highest BCUT2D eigenvalue weighted by atomic mass is 36.0. The van der Waals surface area contributed by atoms with Gasteiger partial charge in [0.25, 0.3) is 11.8 Å². The third-order valence-electron chi connectivity index (χ3n) is 10.3. The van der Waals surface area contributed by atoms with Crippen molar-refractivity contribution in [3.63, 3.8) is 0 Å². The summed E-state index contributed by atoms with van der Waals surface area (Å²) in [7, 11) is -5.81. The second-order valence-corrected chi connectivity index (χ2v) is 26.2. The second-order valence-electron chi connectivity index (χ2n) is 15.3. The number of hydrogen-bond acceptors (Lipinski definition) is 16. The molecule has 2 aromatic carbocycles. The predicted molar refractivity (Wildman–Crippen MR) is 232 cm³/mol. The molecule has 5 aromatic rings. The molecule has 9 rings (SSSR count). The van der Waals surface area contributed by atoms with E-state index in [9.17, 15) is 40.6 Å². The molecule has 0 unspecified atom stereocenters. The highest BCUT2D eigenvalue weighted by Gasteiger charge is 2.41. The lowest BCUT2D eigenvalue weighted by Crippen LogP contribution is -2.48. The Kier molecular flexibility index (Phi) is 15.4. The maximum atomic E-state index is 12.4. The molecule has 0 radical (unpaired) electrons. The Hall–Kier alpha value is -5.12. The van der Waals surface area contributed by atoms with Gasteiger partial charge in [-0.3, -0.25) is 23.7 Å². The van der Waals surface area contributed by atoms with Gasteiger partial charge in [0.1, 0.15) is 0 Å². The van der Waals surface area contributed by atoms with Crippen molar-refractivity contribution in [1.29, 1.82) is 0 Å². The highest BCUT2D eigenvalue weighted by Crippen LogP contribution is 2.61. The van der Waals surface area contributed by atoms with E-state index in [2.05, 4.69) is 64.9 Å². The van der Waals surface area contributed by atoms with Crippen molar-refractivity contribution in [3.05, 3.63) is 96.0 Å². The number of sulfone groups is 2. The maximum Gasteiger partial charge on any atom is 0.339 e. The van der Waals surface area contributed by atoms with Crippen molar-refractivity contribution in [3.8, 4) is 22.6 Å². The van der Waals surface area contributed by atoms with Crippen LogP contribution in [-0.2, 0) is 33.8 Å². The predicted octanol–water partition coefficient (Wildman–Crippen LogP) is 4.58. The second kappa shape index (κ2) is 20.4. The van der Waals surface area contributed by atoms with Gasteiger partial charge in [0.05, 0.1) is 34.8 Å². The van der Waals surface area contributed by atoms with E-state index in [0.29, 0.717) is 49.0 Å². The first kappa shape index (κ1) is 48.3. The van der Waals surface area contributed by atoms with Crippen molar-refractivity contribution in [1.82, 2.24) is 31.1 Å². The zero-order valence-corrected chi connectivity index (χ0v) is 38.1. The summed E-state index contributed by atoms with van der Waals surface area (Å²) < 4.78 is 69.0. The van der Waals surface area contributed by atoms with E-state index in [4.69, 9.17) is 24.9 Å². The number of primary amides is 2. The van der Waals surface area contributed by atoms with Gasteiger partial charge in [0, 0.05) is 47.2 Å². The van der Waals surface area contributed by atoms with Crippen LogP contribution in [0.4, 0.5) is 0 Å². The summed E-state index contributed by atoms with van der Waals surface area (Å²) in [5.74, 6) is -0.0756. The normalized spacial score (nSPS) is 21.7. The van der Waals surface area contributed by atoms with Crippen LogP contribution in [-0.4, -0.2) is 96.1 Å². The van der Waals surface area contributed by atoms with Crippen LogP contribution in [0.25, 0.3) is 22.6 Å². The van der Waals surface area contributed by atoms with Gasteiger partial charge >= 0.3 is 5.20 Å². The number of amides is 4. The largest absolute Gasteiger partial charge is 0.425 e. The number of carbonyl (C=O) groups excluding carboxylic acids is 4. The number of aromatic nitrogens is 4.